The van der Waals surface area contributed by atoms with Crippen molar-refractivity contribution in [3.8, 4) is 51.7 Å². The number of carbonyl (C=O) groups is 1. The number of carbonyl (C=O) groups excluding carboxylic acids is 1. The van der Waals surface area contributed by atoms with Crippen LogP contribution >= 0.6 is 0 Å². The van der Waals surface area contributed by atoms with Crippen LogP contribution in [-0.4, -0.2) is 61.8 Å². The molecular formula is C39H42O11. The molecule has 0 bridgehead atoms. The van der Waals surface area contributed by atoms with Crippen LogP contribution in [0, 0.1) is 0 Å². The Morgan fingerprint density at radius 1 is 0.640 bits per heavy atom. The third kappa shape index (κ3) is 6.35. The second-order valence-electron chi connectivity index (χ2n) is 11.9. The van der Waals surface area contributed by atoms with E-state index in [4.69, 9.17) is 47.4 Å². The van der Waals surface area contributed by atoms with E-state index in [9.17, 15) is 4.79 Å². The summed E-state index contributed by atoms with van der Waals surface area (Å²) >= 11 is 0. The first-order chi connectivity index (χ1) is 24.3. The van der Waals surface area contributed by atoms with Gasteiger partial charge in [0.1, 0.15) is 41.0 Å². The fourth-order valence-corrected chi connectivity index (χ4v) is 6.92. The quantitative estimate of drug-likeness (QED) is 0.152. The van der Waals surface area contributed by atoms with Gasteiger partial charge in [0.2, 0.25) is 0 Å². The first kappa shape index (κ1) is 34.4. The van der Waals surface area contributed by atoms with Crippen LogP contribution in [0.5, 0.6) is 51.7 Å². The highest BCUT2D eigenvalue weighted by Crippen LogP contribution is 2.56. The van der Waals surface area contributed by atoms with Gasteiger partial charge in [0.25, 0.3) is 0 Å². The van der Waals surface area contributed by atoms with E-state index in [0.717, 1.165) is 27.8 Å². The van der Waals surface area contributed by atoms with Gasteiger partial charge in [-0.05, 0) is 42.3 Å². The van der Waals surface area contributed by atoms with Crippen molar-refractivity contribution in [2.45, 2.75) is 44.0 Å². The molecule has 4 aromatic carbocycles. The summed E-state index contributed by atoms with van der Waals surface area (Å²) in [5.41, 5.74) is 4.15. The van der Waals surface area contributed by atoms with E-state index in [1.54, 1.807) is 55.8 Å². The van der Waals surface area contributed by atoms with Crippen LogP contribution in [0.25, 0.3) is 0 Å². The SMILES string of the molecule is COc1ccc2c(c1)O[C@H](c1ccc(OC)c(OC)c1)C[C@@H]2c1c(OC)cc(OC)c2c1O[C@H](c1ccc(OC)c(OC)c1)[C@H](OC(C)=O)C2. The minimum Gasteiger partial charge on any atom is -0.497 e. The Hall–Kier alpha value is -5.45. The minimum atomic E-state index is -0.696. The lowest BCUT2D eigenvalue weighted by molar-refractivity contribution is -0.152. The number of hydrogen-bond acceptors (Lipinski definition) is 11. The molecule has 11 nitrogen and oxygen atoms in total. The van der Waals surface area contributed by atoms with Crippen LogP contribution in [0.2, 0.25) is 0 Å². The Bertz CT molecular complexity index is 1870. The van der Waals surface area contributed by atoms with Gasteiger partial charge < -0.3 is 47.4 Å². The zero-order valence-corrected chi connectivity index (χ0v) is 29.5. The molecule has 0 spiro atoms. The Morgan fingerprint density at radius 2 is 1.26 bits per heavy atom. The predicted molar refractivity (Wildman–Crippen MR) is 184 cm³/mol. The molecule has 0 aliphatic carbocycles. The molecule has 0 unspecified atom stereocenters. The van der Waals surface area contributed by atoms with Crippen molar-refractivity contribution in [1.82, 2.24) is 0 Å². The minimum absolute atomic E-state index is 0.270. The molecule has 50 heavy (non-hydrogen) atoms. The summed E-state index contributed by atoms with van der Waals surface area (Å²) in [7, 11) is 11.2. The summed E-state index contributed by atoms with van der Waals surface area (Å²) in [6.45, 7) is 1.39. The number of methoxy groups -OCH3 is 7. The highest BCUT2D eigenvalue weighted by atomic mass is 16.6. The summed E-state index contributed by atoms with van der Waals surface area (Å²) in [4.78, 5) is 12.4. The first-order valence-corrected chi connectivity index (χ1v) is 16.2. The lowest BCUT2D eigenvalue weighted by Gasteiger charge is -2.39. The second-order valence-corrected chi connectivity index (χ2v) is 11.9. The van der Waals surface area contributed by atoms with Crippen LogP contribution in [0.4, 0.5) is 0 Å². The van der Waals surface area contributed by atoms with Crippen molar-refractivity contribution >= 4 is 5.97 Å². The van der Waals surface area contributed by atoms with Crippen molar-refractivity contribution < 1.29 is 52.2 Å². The van der Waals surface area contributed by atoms with E-state index in [0.29, 0.717) is 64.6 Å². The number of rotatable bonds is 11. The van der Waals surface area contributed by atoms with Crippen LogP contribution in [-0.2, 0) is 16.0 Å². The predicted octanol–water partition coefficient (Wildman–Crippen LogP) is 7.01. The number of hydrogen-bond donors (Lipinski definition) is 0. The molecule has 0 saturated heterocycles. The molecule has 0 aromatic heterocycles. The normalized spacial score (nSPS) is 19.0. The maximum atomic E-state index is 12.4. The molecule has 2 aliphatic heterocycles. The summed E-state index contributed by atoms with van der Waals surface area (Å²) in [6, 6.07) is 19.0. The number of benzene rings is 4. The fraction of sp³-hybridized carbons (Fsp3) is 0.359. The van der Waals surface area contributed by atoms with Crippen molar-refractivity contribution in [1.29, 1.82) is 0 Å². The van der Waals surface area contributed by atoms with Gasteiger partial charge in [-0.25, -0.2) is 0 Å². The van der Waals surface area contributed by atoms with Crippen molar-refractivity contribution in [3.05, 3.63) is 88.5 Å². The van der Waals surface area contributed by atoms with Crippen molar-refractivity contribution in [2.24, 2.45) is 0 Å². The van der Waals surface area contributed by atoms with Crippen LogP contribution in [0.3, 0.4) is 0 Å². The van der Waals surface area contributed by atoms with E-state index < -0.39 is 18.2 Å². The average molecular weight is 687 g/mol. The van der Waals surface area contributed by atoms with E-state index in [-0.39, 0.29) is 12.0 Å². The number of ether oxygens (including phenoxy) is 10. The lowest BCUT2D eigenvalue weighted by Crippen LogP contribution is -2.35. The summed E-state index contributed by atoms with van der Waals surface area (Å²) in [6.07, 6.45) is -0.897. The summed E-state index contributed by atoms with van der Waals surface area (Å²) < 4.78 is 59.4. The topological polar surface area (TPSA) is 109 Å². The standard InChI is InChI=1S/C39H42O11/c1-21(40)48-36-19-27-31(44-5)20-35(47-8)37(39(27)50-38(36)23-10-14-29(43-4)34(16-23)46-7)26-18-30(22-9-13-28(42-3)33(15-22)45-6)49-32-17-24(41-2)11-12-25(26)32/h9-17,20,26,30,36,38H,18-19H2,1-8H3/t26-,30-,36+,38+/m0/s1. The zero-order valence-electron chi connectivity index (χ0n) is 29.5. The molecule has 6 rings (SSSR count). The van der Waals surface area contributed by atoms with E-state index in [1.807, 2.05) is 54.6 Å². The average Bonchev–Trinajstić information content (AvgIpc) is 3.15. The van der Waals surface area contributed by atoms with Crippen molar-refractivity contribution in [3.63, 3.8) is 0 Å². The van der Waals surface area contributed by atoms with E-state index in [2.05, 4.69) is 0 Å². The maximum absolute atomic E-state index is 12.4. The van der Waals surface area contributed by atoms with Crippen LogP contribution in [0.15, 0.2) is 60.7 Å². The molecule has 4 atom stereocenters. The Kier molecular flexibility index (Phi) is 10.0. The fourth-order valence-electron chi connectivity index (χ4n) is 6.92. The van der Waals surface area contributed by atoms with Gasteiger partial charge in [-0.15, -0.1) is 0 Å². The highest BCUT2D eigenvalue weighted by Gasteiger charge is 2.42. The smallest absolute Gasteiger partial charge is 0.303 e. The van der Waals surface area contributed by atoms with E-state index in [1.165, 1.54) is 6.92 Å². The third-order valence-electron chi connectivity index (χ3n) is 9.27. The van der Waals surface area contributed by atoms with Gasteiger partial charge in [-0.2, -0.15) is 0 Å². The number of fused-ring (bicyclic) bond motifs is 2. The Balaban J connectivity index is 1.54. The molecule has 0 amide bonds. The largest absolute Gasteiger partial charge is 0.497 e. The lowest BCUT2D eigenvalue weighted by atomic mass is 9.79. The van der Waals surface area contributed by atoms with Gasteiger partial charge in [0.15, 0.2) is 29.1 Å². The molecule has 0 radical (unpaired) electrons. The Morgan fingerprint density at radius 3 is 1.86 bits per heavy atom. The van der Waals surface area contributed by atoms with Gasteiger partial charge in [-0.1, -0.05) is 18.2 Å². The zero-order chi connectivity index (χ0) is 35.5. The summed E-state index contributed by atoms with van der Waals surface area (Å²) in [5.74, 6) is 4.66. The first-order valence-electron chi connectivity index (χ1n) is 16.2. The Labute approximate surface area is 291 Å². The van der Waals surface area contributed by atoms with Gasteiger partial charge in [0.05, 0.1) is 49.8 Å². The van der Waals surface area contributed by atoms with Gasteiger partial charge >= 0.3 is 5.97 Å². The van der Waals surface area contributed by atoms with Crippen molar-refractivity contribution in [2.75, 3.05) is 49.8 Å². The molecule has 4 aromatic rings. The molecule has 0 fully saturated rings. The maximum Gasteiger partial charge on any atom is 0.303 e. The molecule has 264 valence electrons. The van der Waals surface area contributed by atoms with Crippen LogP contribution < -0.4 is 42.6 Å². The molecule has 2 heterocycles. The molecule has 0 N–H and O–H groups in total. The highest BCUT2D eigenvalue weighted by molar-refractivity contribution is 5.67. The van der Waals surface area contributed by atoms with Gasteiger partial charge in [-0.3, -0.25) is 4.79 Å². The van der Waals surface area contributed by atoms with Gasteiger partial charge in [0, 0.05) is 53.6 Å². The molecule has 11 heteroatoms. The van der Waals surface area contributed by atoms with E-state index >= 15 is 0 Å². The molecular weight excluding hydrogens is 644 g/mol. The number of esters is 1. The monoisotopic (exact) mass is 686 g/mol. The second kappa shape index (κ2) is 14.6. The third-order valence-corrected chi connectivity index (χ3v) is 9.27. The van der Waals surface area contributed by atoms with Crippen LogP contribution in [0.1, 0.15) is 59.3 Å². The molecule has 0 saturated carbocycles. The molecule has 2 aliphatic rings. The summed E-state index contributed by atoms with van der Waals surface area (Å²) in [5, 5.41) is 0.